The van der Waals surface area contributed by atoms with E-state index < -0.39 is 6.09 Å². The number of hydrogen-bond acceptors (Lipinski definition) is 4. The third-order valence-electron chi connectivity index (χ3n) is 7.79. The maximum atomic E-state index is 11.8. The molecule has 7 nitrogen and oxygen atoms in total. The highest BCUT2D eigenvalue weighted by atomic mass is 35.5. The molecule has 4 aromatic carbocycles. The Hall–Kier alpha value is -4.20. The van der Waals surface area contributed by atoms with E-state index in [0.717, 1.165) is 45.4 Å². The zero-order chi connectivity index (χ0) is 33.2. The summed E-state index contributed by atoms with van der Waals surface area (Å²) in [6.07, 6.45) is 0.340. The molecule has 242 valence electrons. The lowest BCUT2D eigenvalue weighted by Crippen LogP contribution is -2.28. The monoisotopic (exact) mass is 662 g/mol. The molecule has 2 unspecified atom stereocenters. The van der Waals surface area contributed by atoms with Crippen LogP contribution in [0.25, 0.3) is 11.1 Å². The van der Waals surface area contributed by atoms with Gasteiger partial charge in [-0.25, -0.2) is 4.79 Å². The van der Waals surface area contributed by atoms with Crippen LogP contribution >= 0.6 is 23.2 Å². The van der Waals surface area contributed by atoms with Crippen LogP contribution in [-0.2, 0) is 11.2 Å². The molecule has 0 aliphatic carbocycles. The summed E-state index contributed by atoms with van der Waals surface area (Å²) in [5.74, 6) is 0.978. The van der Waals surface area contributed by atoms with Gasteiger partial charge in [-0.15, -0.1) is 0 Å². The third kappa shape index (κ3) is 9.41. The van der Waals surface area contributed by atoms with E-state index in [1.54, 1.807) is 12.1 Å². The first-order valence-electron chi connectivity index (χ1n) is 15.3. The standard InChI is InChI=1S/C37H40Cl2N2O5/c1-5-35(41-25(4)42)32-9-7-6-8-31(32)27-12-15-30(24(3)20-27)28(22-40-37(43)44)21-26-10-13-29(14-11-26)45-16-17-46-36-33(38)18-23(2)19-34(36)39/h6-15,18-20,28,35,40H,5,16-17,21-22H2,1-4H3,(H,41,42)(H,43,44). The third-order valence-corrected chi connectivity index (χ3v) is 8.35. The highest BCUT2D eigenvalue weighted by molar-refractivity contribution is 6.37. The van der Waals surface area contributed by atoms with Gasteiger partial charge in [0.25, 0.3) is 0 Å². The minimum absolute atomic E-state index is 0.0654. The summed E-state index contributed by atoms with van der Waals surface area (Å²) in [6.45, 7) is 8.41. The summed E-state index contributed by atoms with van der Waals surface area (Å²) in [6, 6.07) is 25.7. The molecular formula is C37H40Cl2N2O5. The van der Waals surface area contributed by atoms with E-state index in [1.807, 2.05) is 43.3 Å². The maximum Gasteiger partial charge on any atom is 0.404 e. The Morgan fingerprint density at radius 1 is 0.870 bits per heavy atom. The van der Waals surface area contributed by atoms with Crippen LogP contribution in [-0.4, -0.2) is 36.9 Å². The molecule has 2 atom stereocenters. The Morgan fingerprint density at radius 2 is 1.54 bits per heavy atom. The topological polar surface area (TPSA) is 96.9 Å². The van der Waals surface area contributed by atoms with Gasteiger partial charge in [0.15, 0.2) is 5.75 Å². The minimum Gasteiger partial charge on any atom is -0.490 e. The highest BCUT2D eigenvalue weighted by Crippen LogP contribution is 2.35. The summed E-state index contributed by atoms with van der Waals surface area (Å²) in [5, 5.41) is 15.9. The van der Waals surface area contributed by atoms with Crippen LogP contribution in [0, 0.1) is 13.8 Å². The van der Waals surface area contributed by atoms with Crippen molar-refractivity contribution < 1.29 is 24.2 Å². The van der Waals surface area contributed by atoms with Crippen molar-refractivity contribution >= 4 is 35.2 Å². The Bertz CT molecular complexity index is 1640. The van der Waals surface area contributed by atoms with Gasteiger partial charge in [-0.2, -0.15) is 0 Å². The molecule has 2 amide bonds. The number of aryl methyl sites for hydroxylation is 2. The van der Waals surface area contributed by atoms with Crippen LogP contribution in [0.15, 0.2) is 78.9 Å². The summed E-state index contributed by atoms with van der Waals surface area (Å²) in [4.78, 5) is 23.3. The molecule has 4 aromatic rings. The molecule has 0 aliphatic heterocycles. The van der Waals surface area contributed by atoms with Crippen LogP contribution < -0.4 is 20.1 Å². The average molecular weight is 664 g/mol. The molecule has 0 bridgehead atoms. The number of halogens is 2. The predicted octanol–water partition coefficient (Wildman–Crippen LogP) is 8.92. The van der Waals surface area contributed by atoms with Crippen molar-refractivity contribution in [1.82, 2.24) is 10.6 Å². The lowest BCUT2D eigenvalue weighted by atomic mass is 9.86. The van der Waals surface area contributed by atoms with Gasteiger partial charge in [-0.3, -0.25) is 4.79 Å². The second kappa shape index (κ2) is 16.4. The van der Waals surface area contributed by atoms with Gasteiger partial charge < -0.3 is 25.2 Å². The van der Waals surface area contributed by atoms with E-state index in [9.17, 15) is 14.7 Å². The first-order valence-corrected chi connectivity index (χ1v) is 16.0. The molecule has 9 heteroatoms. The Labute approximate surface area is 280 Å². The molecule has 0 heterocycles. The van der Waals surface area contributed by atoms with Crippen molar-refractivity contribution in [3.05, 3.63) is 117 Å². The van der Waals surface area contributed by atoms with Crippen molar-refractivity contribution in [1.29, 1.82) is 0 Å². The van der Waals surface area contributed by atoms with Gasteiger partial charge in [0, 0.05) is 19.4 Å². The number of hydrogen-bond donors (Lipinski definition) is 3. The average Bonchev–Trinajstić information content (AvgIpc) is 3.01. The largest absolute Gasteiger partial charge is 0.490 e. The Kier molecular flexibility index (Phi) is 12.4. The zero-order valence-electron chi connectivity index (χ0n) is 26.5. The van der Waals surface area contributed by atoms with Crippen molar-refractivity contribution in [3.8, 4) is 22.6 Å². The molecule has 0 fully saturated rings. The van der Waals surface area contributed by atoms with E-state index in [2.05, 4.69) is 54.8 Å². The summed E-state index contributed by atoms with van der Waals surface area (Å²) in [7, 11) is 0. The van der Waals surface area contributed by atoms with Gasteiger partial charge >= 0.3 is 6.09 Å². The fraction of sp³-hybridized carbons (Fsp3) is 0.297. The quantitative estimate of drug-likeness (QED) is 0.117. The first kappa shape index (κ1) is 34.7. The summed E-state index contributed by atoms with van der Waals surface area (Å²) < 4.78 is 11.6. The molecule has 0 aliphatic rings. The lowest BCUT2D eigenvalue weighted by molar-refractivity contribution is -0.119. The van der Waals surface area contributed by atoms with Crippen LogP contribution in [0.5, 0.6) is 11.5 Å². The fourth-order valence-corrected chi connectivity index (χ4v) is 6.35. The molecular weight excluding hydrogens is 623 g/mol. The zero-order valence-corrected chi connectivity index (χ0v) is 28.0. The fourth-order valence-electron chi connectivity index (χ4n) is 5.65. The van der Waals surface area contributed by atoms with Gasteiger partial charge in [0.1, 0.15) is 19.0 Å². The van der Waals surface area contributed by atoms with E-state index in [4.69, 9.17) is 32.7 Å². The normalized spacial score (nSPS) is 12.2. The van der Waals surface area contributed by atoms with Crippen LogP contribution in [0.3, 0.4) is 0 Å². The summed E-state index contributed by atoms with van der Waals surface area (Å²) >= 11 is 12.5. The highest BCUT2D eigenvalue weighted by Gasteiger charge is 2.19. The van der Waals surface area contributed by atoms with Gasteiger partial charge in [0.05, 0.1) is 16.1 Å². The van der Waals surface area contributed by atoms with Gasteiger partial charge in [-0.1, -0.05) is 84.7 Å². The second-order valence-corrected chi connectivity index (χ2v) is 12.1. The number of rotatable bonds is 14. The second-order valence-electron chi connectivity index (χ2n) is 11.3. The number of amides is 2. The molecule has 3 N–H and O–H groups in total. The molecule has 0 aromatic heterocycles. The molecule has 0 radical (unpaired) electrons. The van der Waals surface area contributed by atoms with E-state index in [-0.39, 0.29) is 31.0 Å². The molecule has 4 rings (SSSR count). The van der Waals surface area contributed by atoms with E-state index in [0.29, 0.717) is 34.6 Å². The van der Waals surface area contributed by atoms with Crippen LogP contribution in [0.1, 0.15) is 60.0 Å². The van der Waals surface area contributed by atoms with Crippen molar-refractivity contribution in [2.75, 3.05) is 19.8 Å². The van der Waals surface area contributed by atoms with Gasteiger partial charge in [0.2, 0.25) is 5.91 Å². The smallest absolute Gasteiger partial charge is 0.404 e. The van der Waals surface area contributed by atoms with Crippen molar-refractivity contribution in [3.63, 3.8) is 0 Å². The molecule has 0 spiro atoms. The van der Waals surface area contributed by atoms with Crippen molar-refractivity contribution in [2.45, 2.75) is 52.5 Å². The molecule has 0 saturated heterocycles. The predicted molar refractivity (Wildman–Crippen MR) is 185 cm³/mol. The number of ether oxygens (including phenoxy) is 2. The van der Waals surface area contributed by atoms with E-state index >= 15 is 0 Å². The number of nitrogens with one attached hydrogen (secondary N) is 2. The number of carbonyl (C=O) groups excluding carboxylic acids is 1. The minimum atomic E-state index is -1.06. The number of benzene rings is 4. The first-order chi connectivity index (χ1) is 22.0. The number of carbonyl (C=O) groups is 2. The Balaban J connectivity index is 1.46. The van der Waals surface area contributed by atoms with E-state index in [1.165, 1.54) is 6.92 Å². The SMILES string of the molecule is CCC(NC(C)=O)c1ccccc1-c1ccc(C(CNC(=O)O)Cc2ccc(OCCOc3c(Cl)cc(C)cc3Cl)cc2)c(C)c1. The van der Waals surface area contributed by atoms with Crippen LogP contribution in [0.4, 0.5) is 4.79 Å². The van der Waals surface area contributed by atoms with Gasteiger partial charge in [-0.05, 0) is 89.9 Å². The molecule has 0 saturated carbocycles. The van der Waals surface area contributed by atoms with Crippen molar-refractivity contribution in [2.24, 2.45) is 0 Å². The molecule has 46 heavy (non-hydrogen) atoms. The number of carboxylic acid groups (broad SMARTS) is 1. The summed E-state index contributed by atoms with van der Waals surface area (Å²) in [5.41, 5.74) is 7.30. The van der Waals surface area contributed by atoms with Crippen LogP contribution in [0.2, 0.25) is 10.0 Å². The lowest BCUT2D eigenvalue weighted by Gasteiger charge is -2.23. The Morgan fingerprint density at radius 3 is 2.17 bits per heavy atom. The maximum absolute atomic E-state index is 11.8.